The Bertz CT molecular complexity index is 1900. The third-order valence-electron chi connectivity index (χ3n) is 10.0. The molecule has 2 aromatic heterocycles. The zero-order chi connectivity index (χ0) is 30.9. The van der Waals surface area contributed by atoms with Crippen LogP contribution >= 0.6 is 0 Å². The molecule has 4 aliphatic rings. The highest BCUT2D eigenvalue weighted by Gasteiger charge is 2.50. The second kappa shape index (κ2) is 10.7. The number of pyridine rings is 1. The van der Waals surface area contributed by atoms with Crippen LogP contribution in [0.4, 0.5) is 10.2 Å². The number of phenols is 1. The summed E-state index contributed by atoms with van der Waals surface area (Å²) in [7, 11) is 1.74. The molecule has 2 bridgehead atoms. The maximum absolute atomic E-state index is 16.8. The zero-order valence-corrected chi connectivity index (χ0v) is 25.2. The van der Waals surface area contributed by atoms with Crippen LogP contribution in [0.3, 0.4) is 0 Å². The first-order valence-corrected chi connectivity index (χ1v) is 15.5. The number of phenolic OH excluding ortho intramolecular Hbond substituents is 1. The number of halogens is 1. The summed E-state index contributed by atoms with van der Waals surface area (Å²) in [5.41, 5.74) is 2.05. The largest absolute Gasteiger partial charge is 0.508 e. The van der Waals surface area contributed by atoms with Gasteiger partial charge in [-0.25, -0.2) is 4.39 Å². The minimum Gasteiger partial charge on any atom is -0.508 e. The molecular weight excluding hydrogens is 571 g/mol. The van der Waals surface area contributed by atoms with Crippen molar-refractivity contribution in [3.63, 3.8) is 0 Å². The fourth-order valence-electron chi connectivity index (χ4n) is 8.03. The molecule has 0 spiro atoms. The first-order chi connectivity index (χ1) is 21.8. The molecule has 2 aromatic carbocycles. The molecule has 2 N–H and O–H groups in total. The Morgan fingerprint density at radius 3 is 2.80 bits per heavy atom. The van der Waals surface area contributed by atoms with E-state index in [4.69, 9.17) is 20.9 Å². The number of nitrogens with one attached hydrogen (secondary N) is 1. The molecule has 0 amide bonds. The molecule has 0 aliphatic carbocycles. The van der Waals surface area contributed by atoms with E-state index < -0.39 is 5.82 Å². The van der Waals surface area contributed by atoms with E-state index in [0.29, 0.717) is 51.8 Å². The number of rotatable bonds is 6. The van der Waals surface area contributed by atoms with Crippen LogP contribution in [0.1, 0.15) is 31.2 Å². The van der Waals surface area contributed by atoms with E-state index in [2.05, 4.69) is 37.6 Å². The van der Waals surface area contributed by atoms with E-state index in [9.17, 15) is 5.11 Å². The van der Waals surface area contributed by atoms with Crippen LogP contribution in [-0.4, -0.2) is 88.6 Å². The predicted octanol–water partition coefficient (Wildman–Crippen LogP) is 4.41. The molecule has 230 valence electrons. The summed E-state index contributed by atoms with van der Waals surface area (Å²) in [6, 6.07) is 9.37. The zero-order valence-electron chi connectivity index (χ0n) is 25.2. The monoisotopic (exact) mass is 606 g/mol. The van der Waals surface area contributed by atoms with Crippen LogP contribution in [0.5, 0.6) is 11.8 Å². The van der Waals surface area contributed by atoms with Crippen molar-refractivity contribution in [2.24, 2.45) is 0 Å². The van der Waals surface area contributed by atoms with Gasteiger partial charge in [-0.3, -0.25) is 9.88 Å². The Morgan fingerprint density at radius 1 is 1.20 bits per heavy atom. The first kappa shape index (κ1) is 28.2. The summed E-state index contributed by atoms with van der Waals surface area (Å²) in [6.07, 6.45) is 11.4. The lowest BCUT2D eigenvalue weighted by atomic mass is 9.93. The maximum Gasteiger partial charge on any atom is 0.319 e. The number of aromatic hydroxyl groups is 1. The van der Waals surface area contributed by atoms with Crippen molar-refractivity contribution in [2.75, 3.05) is 44.8 Å². The summed E-state index contributed by atoms with van der Waals surface area (Å²) in [5.74, 6) is 2.68. The van der Waals surface area contributed by atoms with E-state index in [1.54, 1.807) is 25.4 Å². The molecule has 9 nitrogen and oxygen atoms in total. The molecular formula is C35H35FN6O3. The highest BCUT2D eigenvalue weighted by molar-refractivity contribution is 6.02. The Labute approximate surface area is 261 Å². The number of ether oxygens (including phenoxy) is 2. The summed E-state index contributed by atoms with van der Waals surface area (Å²) >= 11 is 0. The number of anilines is 1. The number of terminal acetylenes is 1. The average molecular weight is 607 g/mol. The van der Waals surface area contributed by atoms with Gasteiger partial charge >= 0.3 is 6.01 Å². The molecule has 4 aromatic rings. The summed E-state index contributed by atoms with van der Waals surface area (Å²) < 4.78 is 29.0. The predicted molar refractivity (Wildman–Crippen MR) is 171 cm³/mol. The number of piperazine rings is 1. The number of methoxy groups -OCH3 is 1. The van der Waals surface area contributed by atoms with Crippen molar-refractivity contribution in [3.05, 3.63) is 60.1 Å². The van der Waals surface area contributed by atoms with Crippen LogP contribution in [0.25, 0.3) is 32.9 Å². The number of benzene rings is 2. The van der Waals surface area contributed by atoms with E-state index in [0.717, 1.165) is 57.4 Å². The van der Waals surface area contributed by atoms with E-state index >= 15 is 4.39 Å². The molecule has 4 atom stereocenters. The minimum atomic E-state index is -0.618. The molecule has 0 radical (unpaired) electrons. The summed E-state index contributed by atoms with van der Waals surface area (Å²) in [6.45, 7) is 7.70. The van der Waals surface area contributed by atoms with Crippen molar-refractivity contribution < 1.29 is 19.0 Å². The van der Waals surface area contributed by atoms with Gasteiger partial charge in [-0.15, -0.1) is 6.42 Å². The third-order valence-corrected chi connectivity index (χ3v) is 10.0. The Morgan fingerprint density at radius 2 is 2.02 bits per heavy atom. The van der Waals surface area contributed by atoms with E-state index in [1.807, 2.05) is 12.1 Å². The van der Waals surface area contributed by atoms with Crippen LogP contribution in [0.15, 0.2) is 48.7 Å². The number of aromatic nitrogens is 3. The quantitative estimate of drug-likeness (QED) is 0.245. The lowest BCUT2D eigenvalue weighted by Gasteiger charge is -2.34. The van der Waals surface area contributed by atoms with Crippen molar-refractivity contribution in [1.82, 2.24) is 25.2 Å². The van der Waals surface area contributed by atoms with Gasteiger partial charge in [0.2, 0.25) is 0 Å². The van der Waals surface area contributed by atoms with Gasteiger partial charge in [0, 0.05) is 68.1 Å². The molecule has 10 heteroatoms. The van der Waals surface area contributed by atoms with Crippen LogP contribution in [-0.2, 0) is 4.74 Å². The third kappa shape index (κ3) is 4.69. The molecule has 45 heavy (non-hydrogen) atoms. The second-order valence-electron chi connectivity index (χ2n) is 13.0. The van der Waals surface area contributed by atoms with Crippen molar-refractivity contribution in [1.29, 1.82) is 0 Å². The highest BCUT2D eigenvalue weighted by atomic mass is 19.1. The van der Waals surface area contributed by atoms with Gasteiger partial charge in [0.1, 0.15) is 29.4 Å². The normalized spacial score (nSPS) is 26.1. The van der Waals surface area contributed by atoms with Gasteiger partial charge in [-0.2, -0.15) is 9.97 Å². The smallest absolute Gasteiger partial charge is 0.319 e. The van der Waals surface area contributed by atoms with Gasteiger partial charge in [-0.05, 0) is 49.3 Å². The number of fused-ring (bicyclic) bond motifs is 5. The molecule has 4 aliphatic heterocycles. The number of hydrogen-bond donors (Lipinski definition) is 2. The van der Waals surface area contributed by atoms with Gasteiger partial charge in [-0.1, -0.05) is 30.2 Å². The highest BCUT2D eigenvalue weighted by Crippen LogP contribution is 2.43. The van der Waals surface area contributed by atoms with Gasteiger partial charge < -0.3 is 24.8 Å². The van der Waals surface area contributed by atoms with Crippen LogP contribution < -0.4 is 15.0 Å². The number of hydrogen-bond acceptors (Lipinski definition) is 9. The van der Waals surface area contributed by atoms with E-state index in [-0.39, 0.29) is 34.6 Å². The van der Waals surface area contributed by atoms with Crippen molar-refractivity contribution >= 4 is 27.5 Å². The SMILES string of the molecule is C#Cc1cccc2cc(O)cc(-c3ncc4c(N5CC6CCC(C5)N6)nc(OC[C@]56CC(=C)CN5C[C@H](OC)C6)nc4c3F)c12. The number of nitrogens with zero attached hydrogens (tertiary/aromatic N) is 5. The van der Waals surface area contributed by atoms with Gasteiger partial charge in [0.05, 0.1) is 17.0 Å². The fourth-order valence-corrected chi connectivity index (χ4v) is 8.03. The van der Waals surface area contributed by atoms with Crippen LogP contribution in [0.2, 0.25) is 0 Å². The lowest BCUT2D eigenvalue weighted by Crippen LogP contribution is -2.51. The van der Waals surface area contributed by atoms with Crippen LogP contribution in [0, 0.1) is 18.2 Å². The standard InChI is InChI=1S/C35H35FN6O3/c1-4-21-6-5-7-22-10-25(43)11-27(29(21)22)31-30(36)32-28(14-37-31)33(41-16-23-8-9-24(17-41)38-23)40-34(39-32)45-19-35-12-20(2)15-42(35)18-26(13-35)44-3/h1,5-7,10-11,14,23-24,26,38,43H,2,8-9,12-13,15-19H2,3H3/t23?,24?,26-,35-/m1/s1. The molecule has 6 heterocycles. The lowest BCUT2D eigenvalue weighted by molar-refractivity contribution is 0.101. The maximum atomic E-state index is 16.8. The molecule has 8 rings (SSSR count). The second-order valence-corrected chi connectivity index (χ2v) is 13.0. The topological polar surface area (TPSA) is 95.9 Å². The average Bonchev–Trinajstić information content (AvgIpc) is 3.66. The Hall–Kier alpha value is -4.30. The van der Waals surface area contributed by atoms with E-state index in [1.165, 1.54) is 6.07 Å². The molecule has 4 fully saturated rings. The first-order valence-electron chi connectivity index (χ1n) is 15.5. The summed E-state index contributed by atoms with van der Waals surface area (Å²) in [5, 5.41) is 16.1. The van der Waals surface area contributed by atoms with Gasteiger partial charge in [0.25, 0.3) is 0 Å². The molecule has 4 saturated heterocycles. The van der Waals surface area contributed by atoms with Gasteiger partial charge in [0.15, 0.2) is 5.82 Å². The Balaban J connectivity index is 1.25. The minimum absolute atomic E-state index is 0.00968. The Kier molecular flexibility index (Phi) is 6.68. The fraction of sp³-hybridized carbons (Fsp3) is 0.400. The molecule has 0 saturated carbocycles. The van der Waals surface area contributed by atoms with Crippen molar-refractivity contribution in [3.8, 4) is 35.4 Å². The summed E-state index contributed by atoms with van der Waals surface area (Å²) in [4.78, 5) is 18.8. The molecule has 2 unspecified atom stereocenters. The van der Waals surface area contributed by atoms with Crippen molar-refractivity contribution in [2.45, 2.75) is 49.4 Å².